The van der Waals surface area contributed by atoms with Gasteiger partial charge in [-0.1, -0.05) is 0 Å². The van der Waals surface area contributed by atoms with Gasteiger partial charge in [-0.05, 0) is 18.2 Å². The van der Waals surface area contributed by atoms with E-state index in [2.05, 4.69) is 4.98 Å². The summed E-state index contributed by atoms with van der Waals surface area (Å²) in [6, 6.07) is 4.69. The molecule has 0 aliphatic rings. The Kier molecular flexibility index (Phi) is 6.99. The normalized spacial score (nSPS) is 11.2. The third kappa shape index (κ3) is 5.36. The number of nitrogens with one attached hydrogen (secondary N) is 2. The maximum Gasteiger partial charge on any atom is 0.337 e. The molecule has 0 aliphatic carbocycles. The van der Waals surface area contributed by atoms with E-state index in [0.717, 1.165) is 18.3 Å². The van der Waals surface area contributed by atoms with Gasteiger partial charge in [0.25, 0.3) is 0 Å². The van der Waals surface area contributed by atoms with Crippen LogP contribution in [0.5, 0.6) is 5.75 Å². The summed E-state index contributed by atoms with van der Waals surface area (Å²) < 4.78 is 24.2. The Labute approximate surface area is 165 Å². The van der Waals surface area contributed by atoms with Crippen LogP contribution < -0.4 is 10.5 Å². The number of nitrogen functional groups attached to an aromatic ring is 1. The van der Waals surface area contributed by atoms with Crippen molar-refractivity contribution in [1.82, 2.24) is 4.98 Å². The summed E-state index contributed by atoms with van der Waals surface area (Å²) in [6.07, 6.45) is 2.00. The predicted octanol–water partition coefficient (Wildman–Crippen LogP) is 2.40. The second kappa shape index (κ2) is 9.42. The average molecular weight is 402 g/mol. The second-order valence-corrected chi connectivity index (χ2v) is 5.77. The van der Waals surface area contributed by atoms with Crippen LogP contribution in [-0.4, -0.2) is 52.9 Å². The van der Waals surface area contributed by atoms with Crippen LogP contribution in [0.1, 0.15) is 21.6 Å². The van der Waals surface area contributed by atoms with E-state index in [1.807, 2.05) is 0 Å². The molecule has 2 aromatic rings. The third-order valence-electron chi connectivity index (χ3n) is 3.74. The molecule has 0 unspecified atom stereocenters. The van der Waals surface area contributed by atoms with Crippen LogP contribution in [0.3, 0.4) is 0 Å². The van der Waals surface area contributed by atoms with Gasteiger partial charge in [0.2, 0.25) is 0 Å². The first-order valence-electron chi connectivity index (χ1n) is 8.23. The lowest BCUT2D eigenvalue weighted by molar-refractivity contribution is 0.0696. The molecule has 0 spiro atoms. The number of benzene rings is 1. The van der Waals surface area contributed by atoms with E-state index < -0.39 is 23.3 Å². The first-order chi connectivity index (χ1) is 13.7. The molecular formula is C19H19FN4O5. The smallest absolute Gasteiger partial charge is 0.337 e. The van der Waals surface area contributed by atoms with Gasteiger partial charge in [-0.15, -0.1) is 0 Å². The highest BCUT2D eigenvalue weighted by molar-refractivity contribution is 6.17. The van der Waals surface area contributed by atoms with Gasteiger partial charge in [0.1, 0.15) is 18.1 Å². The summed E-state index contributed by atoms with van der Waals surface area (Å²) in [5.74, 6) is -2.69. The summed E-state index contributed by atoms with van der Waals surface area (Å²) in [5.41, 5.74) is 5.00. The third-order valence-corrected chi connectivity index (χ3v) is 3.74. The topological polar surface area (TPSA) is 163 Å². The van der Waals surface area contributed by atoms with Gasteiger partial charge in [0.15, 0.2) is 11.6 Å². The van der Waals surface area contributed by atoms with Gasteiger partial charge in [0.05, 0.1) is 23.6 Å². The van der Waals surface area contributed by atoms with E-state index in [4.69, 9.17) is 31.1 Å². The number of halogens is 1. The number of anilines is 1. The van der Waals surface area contributed by atoms with Crippen LogP contribution >= 0.6 is 0 Å². The van der Waals surface area contributed by atoms with Gasteiger partial charge in [0, 0.05) is 36.7 Å². The molecule has 0 saturated carbocycles. The number of hydrogen-bond donors (Lipinski definition) is 5. The molecule has 152 valence electrons. The Morgan fingerprint density at radius 2 is 2.00 bits per heavy atom. The number of methoxy groups -OCH3 is 1. The highest BCUT2D eigenvalue weighted by atomic mass is 19.1. The van der Waals surface area contributed by atoms with Crippen LogP contribution in [-0.2, 0) is 4.74 Å². The van der Waals surface area contributed by atoms with Gasteiger partial charge >= 0.3 is 5.97 Å². The number of hydrogen-bond acceptors (Lipinski definition) is 8. The zero-order chi connectivity index (χ0) is 21.6. The van der Waals surface area contributed by atoms with E-state index >= 15 is 0 Å². The van der Waals surface area contributed by atoms with Crippen LogP contribution in [0, 0.1) is 16.6 Å². The lowest BCUT2D eigenvalue weighted by atomic mass is 10.0. The molecule has 2 rings (SSSR count). The molecule has 1 heterocycles. The van der Waals surface area contributed by atoms with Crippen molar-refractivity contribution in [2.75, 3.05) is 26.1 Å². The van der Waals surface area contributed by atoms with Crippen molar-refractivity contribution in [3.05, 3.63) is 64.9 Å². The van der Waals surface area contributed by atoms with Gasteiger partial charge < -0.3 is 25.4 Å². The van der Waals surface area contributed by atoms with E-state index in [-0.39, 0.29) is 47.2 Å². The number of pyridine rings is 1. The van der Waals surface area contributed by atoms with E-state index in [1.54, 1.807) is 0 Å². The molecule has 0 aliphatic heterocycles. The molecule has 1 aromatic carbocycles. The van der Waals surface area contributed by atoms with Crippen molar-refractivity contribution in [1.29, 1.82) is 10.8 Å². The van der Waals surface area contributed by atoms with Crippen LogP contribution in [0.15, 0.2) is 42.3 Å². The van der Waals surface area contributed by atoms with Crippen molar-refractivity contribution in [3.8, 4) is 5.75 Å². The molecule has 0 bridgehead atoms. The minimum Gasteiger partial charge on any atom is -0.506 e. The van der Waals surface area contributed by atoms with E-state index in [0.29, 0.717) is 0 Å². The molecule has 0 atom stereocenters. The van der Waals surface area contributed by atoms with Crippen LogP contribution in [0.2, 0.25) is 0 Å². The number of carbonyl (C=O) groups is 1. The lowest BCUT2D eigenvalue weighted by Gasteiger charge is -2.12. The maximum atomic E-state index is 14.2. The number of nitrogens with two attached hydrogens (primary N) is 1. The lowest BCUT2D eigenvalue weighted by Crippen LogP contribution is -2.11. The SMILES string of the molecule is COCCOc1cc(N)c(C(=N)/C(O)=C/C(=N)c2ccc(C(=O)O)cn2)cc1F. The maximum absolute atomic E-state index is 14.2. The first-order valence-corrected chi connectivity index (χ1v) is 8.23. The van der Waals surface area contributed by atoms with Gasteiger partial charge in [-0.3, -0.25) is 15.8 Å². The van der Waals surface area contributed by atoms with Crippen molar-refractivity contribution in [3.63, 3.8) is 0 Å². The molecular weight excluding hydrogens is 383 g/mol. The Hall–Kier alpha value is -3.79. The average Bonchev–Trinajstić information content (AvgIpc) is 2.69. The van der Waals surface area contributed by atoms with Crippen molar-refractivity contribution in [2.45, 2.75) is 0 Å². The highest BCUT2D eigenvalue weighted by Crippen LogP contribution is 2.26. The Balaban J connectivity index is 2.21. The van der Waals surface area contributed by atoms with E-state index in [1.165, 1.54) is 25.3 Å². The number of aliphatic hydroxyl groups is 1. The van der Waals surface area contributed by atoms with Crippen molar-refractivity contribution < 1.29 is 28.9 Å². The largest absolute Gasteiger partial charge is 0.506 e. The van der Waals surface area contributed by atoms with Crippen molar-refractivity contribution >= 4 is 23.1 Å². The molecule has 29 heavy (non-hydrogen) atoms. The summed E-state index contributed by atoms with van der Waals surface area (Å²) in [7, 11) is 1.47. The first kappa shape index (κ1) is 21.5. The summed E-state index contributed by atoms with van der Waals surface area (Å²) in [5, 5.41) is 35.0. The van der Waals surface area contributed by atoms with E-state index in [9.17, 15) is 14.3 Å². The molecule has 10 heteroatoms. The fraction of sp³-hybridized carbons (Fsp3) is 0.158. The molecule has 0 amide bonds. The van der Waals surface area contributed by atoms with Gasteiger partial charge in [-0.2, -0.15) is 0 Å². The molecule has 9 nitrogen and oxygen atoms in total. The molecule has 0 saturated heterocycles. The second-order valence-electron chi connectivity index (χ2n) is 5.77. The number of aliphatic hydroxyl groups excluding tert-OH is 1. The Morgan fingerprint density at radius 1 is 1.28 bits per heavy atom. The standard InChI is InChI=1S/C19H19FN4O5/c1-28-4-5-29-17-8-13(21)11(6-12(17)20)18(23)16(25)7-14(22)15-3-2-10(9-24-15)19(26)27/h2-3,6-9,22-23,25H,4-5,21H2,1H3,(H,26,27)/b16-7-,22-14?,23-18?. The molecule has 0 fully saturated rings. The predicted molar refractivity (Wildman–Crippen MR) is 104 cm³/mol. The molecule has 0 radical (unpaired) electrons. The number of aromatic carboxylic acids is 1. The molecule has 6 N–H and O–H groups in total. The Morgan fingerprint density at radius 3 is 2.59 bits per heavy atom. The number of ether oxygens (including phenoxy) is 2. The van der Waals surface area contributed by atoms with Crippen LogP contribution in [0.4, 0.5) is 10.1 Å². The molecule has 1 aromatic heterocycles. The monoisotopic (exact) mass is 402 g/mol. The fourth-order valence-corrected chi connectivity index (χ4v) is 2.23. The quantitative estimate of drug-likeness (QED) is 0.186. The minimum absolute atomic E-state index is 0.000710. The number of aromatic nitrogens is 1. The number of allylic oxidation sites excluding steroid dienone is 2. The summed E-state index contributed by atoms with van der Waals surface area (Å²) in [4.78, 5) is 14.7. The van der Waals surface area contributed by atoms with Crippen LogP contribution in [0.25, 0.3) is 0 Å². The van der Waals surface area contributed by atoms with Crippen molar-refractivity contribution in [2.24, 2.45) is 0 Å². The Bertz CT molecular complexity index is 973. The number of rotatable bonds is 9. The highest BCUT2D eigenvalue weighted by Gasteiger charge is 2.16. The zero-order valence-corrected chi connectivity index (χ0v) is 15.4. The minimum atomic E-state index is -1.16. The fourth-order valence-electron chi connectivity index (χ4n) is 2.23. The summed E-state index contributed by atoms with van der Waals surface area (Å²) >= 11 is 0. The number of nitrogens with zero attached hydrogens (tertiary/aromatic N) is 1. The number of carboxylic acids is 1. The number of carboxylic acid groups (broad SMARTS) is 1. The zero-order valence-electron chi connectivity index (χ0n) is 15.4. The summed E-state index contributed by atoms with van der Waals surface area (Å²) in [6.45, 7) is 0.365. The van der Waals surface area contributed by atoms with Gasteiger partial charge in [-0.25, -0.2) is 9.18 Å².